The lowest BCUT2D eigenvalue weighted by Crippen LogP contribution is -2.44. The first-order valence-electron chi connectivity index (χ1n) is 9.95. The fourth-order valence-corrected chi connectivity index (χ4v) is 3.58. The molecule has 152 valence electrons. The summed E-state index contributed by atoms with van der Waals surface area (Å²) in [4.78, 5) is 0. The van der Waals surface area contributed by atoms with E-state index in [9.17, 15) is 9.50 Å². The standard InChI is InChI=1S/C23H26FN3O2/c1-17-2-4-18(5-3-17)22-19(14-25-16-23(28)10-12-29-13-11-23)15-27(26-22)21-8-6-20(24)7-9-21/h2-9,15,25,28H,10-14,16H2,1H3. The van der Waals surface area contributed by atoms with Gasteiger partial charge >= 0.3 is 0 Å². The molecule has 1 fully saturated rings. The number of benzene rings is 2. The molecule has 2 heterocycles. The number of aryl methyl sites for hydroxylation is 1. The van der Waals surface area contributed by atoms with Crippen LogP contribution in [0.3, 0.4) is 0 Å². The highest BCUT2D eigenvalue weighted by atomic mass is 19.1. The summed E-state index contributed by atoms with van der Waals surface area (Å²) in [7, 11) is 0. The number of hydrogen-bond acceptors (Lipinski definition) is 4. The van der Waals surface area contributed by atoms with Gasteiger partial charge in [0.25, 0.3) is 0 Å². The van der Waals surface area contributed by atoms with Crippen LogP contribution >= 0.6 is 0 Å². The maximum absolute atomic E-state index is 13.3. The quantitative estimate of drug-likeness (QED) is 0.669. The van der Waals surface area contributed by atoms with Crippen molar-refractivity contribution in [3.05, 3.63) is 71.7 Å². The number of ether oxygens (including phenoxy) is 1. The first-order chi connectivity index (χ1) is 14.0. The maximum atomic E-state index is 13.3. The highest BCUT2D eigenvalue weighted by molar-refractivity contribution is 5.63. The molecule has 0 spiro atoms. The largest absolute Gasteiger partial charge is 0.388 e. The van der Waals surface area contributed by atoms with Crippen molar-refractivity contribution < 1.29 is 14.2 Å². The summed E-state index contributed by atoms with van der Waals surface area (Å²) in [6.45, 7) is 4.32. The van der Waals surface area contributed by atoms with Crippen molar-refractivity contribution in [2.75, 3.05) is 19.8 Å². The molecule has 0 radical (unpaired) electrons. The van der Waals surface area contributed by atoms with E-state index in [0.29, 0.717) is 39.1 Å². The Hall–Kier alpha value is -2.54. The zero-order valence-electron chi connectivity index (χ0n) is 16.6. The smallest absolute Gasteiger partial charge is 0.123 e. The lowest BCUT2D eigenvalue weighted by molar-refractivity contribution is -0.0617. The Morgan fingerprint density at radius 2 is 1.79 bits per heavy atom. The van der Waals surface area contributed by atoms with Crippen molar-refractivity contribution >= 4 is 0 Å². The summed E-state index contributed by atoms with van der Waals surface area (Å²) in [5.74, 6) is -0.272. The molecule has 0 unspecified atom stereocenters. The van der Waals surface area contributed by atoms with Crippen molar-refractivity contribution in [1.82, 2.24) is 15.1 Å². The van der Waals surface area contributed by atoms with Gasteiger partial charge in [-0.05, 0) is 31.2 Å². The first-order valence-corrected chi connectivity index (χ1v) is 9.95. The maximum Gasteiger partial charge on any atom is 0.123 e. The predicted octanol–water partition coefficient (Wildman–Crippen LogP) is 3.62. The van der Waals surface area contributed by atoms with Crippen molar-refractivity contribution in [1.29, 1.82) is 0 Å². The molecule has 0 amide bonds. The van der Waals surface area contributed by atoms with E-state index < -0.39 is 5.60 Å². The van der Waals surface area contributed by atoms with E-state index in [0.717, 1.165) is 22.5 Å². The van der Waals surface area contributed by atoms with Gasteiger partial charge in [0.1, 0.15) is 5.82 Å². The van der Waals surface area contributed by atoms with Gasteiger partial charge in [-0.25, -0.2) is 9.07 Å². The van der Waals surface area contributed by atoms with Crippen molar-refractivity contribution in [3.8, 4) is 16.9 Å². The normalized spacial score (nSPS) is 16.1. The van der Waals surface area contributed by atoms with Crippen LogP contribution in [0.15, 0.2) is 54.7 Å². The molecule has 29 heavy (non-hydrogen) atoms. The van der Waals surface area contributed by atoms with Gasteiger partial charge in [-0.2, -0.15) is 5.10 Å². The van der Waals surface area contributed by atoms with E-state index in [1.165, 1.54) is 17.7 Å². The molecule has 1 saturated heterocycles. The first kappa shape index (κ1) is 19.8. The summed E-state index contributed by atoms with van der Waals surface area (Å²) in [5, 5.41) is 18.8. The zero-order valence-corrected chi connectivity index (χ0v) is 16.6. The number of halogens is 1. The van der Waals surface area contributed by atoms with E-state index in [-0.39, 0.29) is 5.82 Å². The van der Waals surface area contributed by atoms with Gasteiger partial charge in [0.2, 0.25) is 0 Å². The Bertz CT molecular complexity index is 945. The molecular formula is C23H26FN3O2. The zero-order chi connectivity index (χ0) is 20.3. The van der Waals surface area contributed by atoms with Crippen molar-refractivity contribution in [3.63, 3.8) is 0 Å². The number of nitrogens with one attached hydrogen (secondary N) is 1. The van der Waals surface area contributed by atoms with Gasteiger partial charge in [0.15, 0.2) is 0 Å². The average Bonchev–Trinajstić information content (AvgIpc) is 3.13. The summed E-state index contributed by atoms with van der Waals surface area (Å²) in [5.41, 5.74) is 4.18. The summed E-state index contributed by atoms with van der Waals surface area (Å²) >= 11 is 0. The van der Waals surface area contributed by atoms with E-state index >= 15 is 0 Å². The summed E-state index contributed by atoms with van der Waals surface area (Å²) in [6.07, 6.45) is 3.24. The molecule has 5 nitrogen and oxygen atoms in total. The van der Waals surface area contributed by atoms with Crippen LogP contribution in [0.25, 0.3) is 16.9 Å². The average molecular weight is 395 g/mol. The molecule has 3 aromatic rings. The predicted molar refractivity (Wildman–Crippen MR) is 110 cm³/mol. The number of rotatable bonds is 6. The van der Waals surface area contributed by atoms with Crippen LogP contribution in [-0.4, -0.2) is 40.2 Å². The van der Waals surface area contributed by atoms with E-state index in [2.05, 4.69) is 36.5 Å². The fourth-order valence-electron chi connectivity index (χ4n) is 3.58. The van der Waals surface area contributed by atoms with Crippen LogP contribution in [0.2, 0.25) is 0 Å². The Labute approximate surface area is 170 Å². The number of aliphatic hydroxyl groups is 1. The van der Waals surface area contributed by atoms with Gasteiger partial charge in [-0.1, -0.05) is 29.8 Å². The van der Waals surface area contributed by atoms with Crippen LogP contribution in [0.5, 0.6) is 0 Å². The molecule has 6 heteroatoms. The SMILES string of the molecule is Cc1ccc(-c2nn(-c3ccc(F)cc3)cc2CNCC2(O)CCOCC2)cc1. The topological polar surface area (TPSA) is 59.3 Å². The minimum atomic E-state index is -0.727. The van der Waals surface area contributed by atoms with Crippen LogP contribution in [-0.2, 0) is 11.3 Å². The second-order valence-corrected chi connectivity index (χ2v) is 7.73. The second-order valence-electron chi connectivity index (χ2n) is 7.73. The van der Waals surface area contributed by atoms with E-state index in [1.54, 1.807) is 16.8 Å². The lowest BCUT2D eigenvalue weighted by Gasteiger charge is -2.32. The molecule has 0 saturated carbocycles. The van der Waals surface area contributed by atoms with Crippen LogP contribution in [0.1, 0.15) is 24.0 Å². The minimum absolute atomic E-state index is 0.272. The molecule has 2 N–H and O–H groups in total. The molecule has 1 aromatic heterocycles. The number of nitrogens with zero attached hydrogens (tertiary/aromatic N) is 2. The van der Waals surface area contributed by atoms with Crippen molar-refractivity contribution in [2.45, 2.75) is 31.9 Å². The Balaban J connectivity index is 1.58. The Morgan fingerprint density at radius 3 is 2.48 bits per heavy atom. The van der Waals surface area contributed by atoms with Gasteiger partial charge in [0.05, 0.1) is 17.0 Å². The Kier molecular flexibility index (Phi) is 5.76. The van der Waals surface area contributed by atoms with Gasteiger partial charge in [0, 0.05) is 56.5 Å². The number of aromatic nitrogens is 2. The third kappa shape index (κ3) is 4.72. The minimum Gasteiger partial charge on any atom is -0.388 e. The number of hydrogen-bond donors (Lipinski definition) is 2. The van der Waals surface area contributed by atoms with Crippen LogP contribution < -0.4 is 5.32 Å². The molecule has 0 aliphatic carbocycles. The summed E-state index contributed by atoms with van der Waals surface area (Å²) in [6, 6.07) is 14.5. The third-order valence-corrected chi connectivity index (χ3v) is 5.40. The van der Waals surface area contributed by atoms with E-state index in [4.69, 9.17) is 9.84 Å². The Morgan fingerprint density at radius 1 is 1.10 bits per heavy atom. The molecule has 0 atom stereocenters. The van der Waals surface area contributed by atoms with Gasteiger partial charge in [-0.15, -0.1) is 0 Å². The van der Waals surface area contributed by atoms with Gasteiger partial charge in [-0.3, -0.25) is 0 Å². The second kappa shape index (κ2) is 8.45. The third-order valence-electron chi connectivity index (χ3n) is 5.40. The highest BCUT2D eigenvalue weighted by Crippen LogP contribution is 2.25. The molecule has 1 aliphatic heterocycles. The molecule has 2 aromatic carbocycles. The van der Waals surface area contributed by atoms with Crippen LogP contribution in [0.4, 0.5) is 4.39 Å². The van der Waals surface area contributed by atoms with E-state index in [1.807, 2.05) is 6.20 Å². The van der Waals surface area contributed by atoms with Gasteiger partial charge < -0.3 is 15.2 Å². The molecule has 4 rings (SSSR count). The molecule has 0 bridgehead atoms. The van der Waals surface area contributed by atoms with Crippen LogP contribution in [0, 0.1) is 12.7 Å². The summed E-state index contributed by atoms with van der Waals surface area (Å²) < 4.78 is 20.4. The highest BCUT2D eigenvalue weighted by Gasteiger charge is 2.29. The molecule has 1 aliphatic rings. The fraction of sp³-hybridized carbons (Fsp3) is 0.348. The van der Waals surface area contributed by atoms with Crippen molar-refractivity contribution in [2.24, 2.45) is 0 Å². The monoisotopic (exact) mass is 395 g/mol. The molecular weight excluding hydrogens is 369 g/mol. The lowest BCUT2D eigenvalue weighted by atomic mass is 9.94.